The summed E-state index contributed by atoms with van der Waals surface area (Å²) in [4.78, 5) is 33.6. The summed E-state index contributed by atoms with van der Waals surface area (Å²) >= 11 is 6.23. The van der Waals surface area contributed by atoms with Gasteiger partial charge in [0.1, 0.15) is 16.6 Å². The molecular formula is C24H20ClFN6O4. The first-order valence-corrected chi connectivity index (χ1v) is 11.1. The third kappa shape index (κ3) is 5.39. The molecule has 0 atom stereocenters. The Morgan fingerprint density at radius 3 is 2.89 bits per heavy atom. The second-order valence-corrected chi connectivity index (χ2v) is 7.92. The van der Waals surface area contributed by atoms with Crippen LogP contribution in [-0.4, -0.2) is 46.8 Å². The van der Waals surface area contributed by atoms with Crippen LogP contribution < -0.4 is 25.6 Å². The molecule has 0 bridgehead atoms. The Morgan fingerprint density at radius 2 is 2.11 bits per heavy atom. The van der Waals surface area contributed by atoms with Gasteiger partial charge in [0.25, 0.3) is 5.91 Å². The molecule has 0 unspecified atom stereocenters. The number of amides is 2. The van der Waals surface area contributed by atoms with Crippen molar-refractivity contribution < 1.29 is 23.8 Å². The van der Waals surface area contributed by atoms with Gasteiger partial charge in [-0.1, -0.05) is 23.6 Å². The van der Waals surface area contributed by atoms with Gasteiger partial charge in [0.15, 0.2) is 5.82 Å². The van der Waals surface area contributed by atoms with Gasteiger partial charge in [0.05, 0.1) is 36.3 Å². The van der Waals surface area contributed by atoms with E-state index in [9.17, 15) is 19.1 Å². The Bertz CT molecular complexity index is 1360. The molecule has 0 fully saturated rings. The number of hydrogen-bond donors (Lipinski definition) is 4. The van der Waals surface area contributed by atoms with E-state index in [4.69, 9.17) is 22.8 Å². The molecule has 4 N–H and O–H groups in total. The van der Waals surface area contributed by atoms with Crippen LogP contribution in [0.15, 0.2) is 42.6 Å². The summed E-state index contributed by atoms with van der Waals surface area (Å²) in [6.07, 6.45) is 5.97. The summed E-state index contributed by atoms with van der Waals surface area (Å²) in [5.41, 5.74) is 0.834. The van der Waals surface area contributed by atoms with Crippen molar-refractivity contribution >= 4 is 52.4 Å². The van der Waals surface area contributed by atoms with Gasteiger partial charge in [-0.2, -0.15) is 4.98 Å². The van der Waals surface area contributed by atoms with Crippen LogP contribution in [-0.2, 0) is 0 Å². The van der Waals surface area contributed by atoms with Gasteiger partial charge in [-0.15, -0.1) is 6.42 Å². The number of nitrogens with one attached hydrogen (secondary N) is 3. The molecule has 0 radical (unpaired) electrons. The maximum atomic E-state index is 14.6. The van der Waals surface area contributed by atoms with Crippen LogP contribution in [0.1, 0.15) is 16.8 Å². The first-order chi connectivity index (χ1) is 17.4. The average Bonchev–Trinajstić information content (AvgIpc) is 3.08. The lowest BCUT2D eigenvalue weighted by atomic mass is 10.1. The van der Waals surface area contributed by atoms with E-state index in [2.05, 4.69) is 31.8 Å². The van der Waals surface area contributed by atoms with Crippen molar-refractivity contribution in [3.8, 4) is 18.1 Å². The molecule has 1 aliphatic rings. The fourth-order valence-electron chi connectivity index (χ4n) is 3.48. The molecule has 10 nitrogen and oxygen atoms in total. The highest BCUT2D eigenvalue weighted by molar-refractivity contribution is 6.33. The van der Waals surface area contributed by atoms with Crippen LogP contribution in [0, 0.1) is 18.2 Å². The van der Waals surface area contributed by atoms with Crippen LogP contribution >= 0.6 is 11.6 Å². The molecule has 12 heteroatoms. The fraction of sp³-hybridized carbons (Fsp3) is 0.167. The summed E-state index contributed by atoms with van der Waals surface area (Å²) in [5, 5.41) is 17.8. The van der Waals surface area contributed by atoms with E-state index >= 15 is 0 Å². The Kier molecular flexibility index (Phi) is 7.36. The molecular weight excluding hydrogens is 491 g/mol. The lowest BCUT2D eigenvalue weighted by molar-refractivity contribution is 0.0959. The smallest absolute Gasteiger partial charge is 0.411 e. The van der Waals surface area contributed by atoms with Gasteiger partial charge in [0, 0.05) is 18.3 Å². The molecule has 0 saturated carbocycles. The fourth-order valence-corrected chi connectivity index (χ4v) is 3.62. The van der Waals surface area contributed by atoms with Crippen LogP contribution in [0.4, 0.5) is 38.0 Å². The number of benzene rings is 2. The van der Waals surface area contributed by atoms with Crippen molar-refractivity contribution in [1.82, 2.24) is 15.3 Å². The number of ether oxygens (including phenoxy) is 1. The third-order valence-corrected chi connectivity index (χ3v) is 5.39. The summed E-state index contributed by atoms with van der Waals surface area (Å²) in [5.74, 6) is 1.57. The minimum Gasteiger partial charge on any atom is -0.491 e. The zero-order valence-electron chi connectivity index (χ0n) is 18.7. The standard InChI is InChI=1S/C24H20ClFN6O4/c1-2-9-27-22(33)15-5-3-6-17(26)20(15)30-21-16(25)13-28-23(31-21)29-14-7-8-18-19(12-14)36-11-4-10-32(18)24(34)35/h1,3,5-8,12-13H,4,9-11H2,(H,27,33)(H,34,35)(H2,28,29,30,31). The monoisotopic (exact) mass is 510 g/mol. The van der Waals surface area contributed by atoms with Gasteiger partial charge in [-0.3, -0.25) is 9.69 Å². The van der Waals surface area contributed by atoms with E-state index in [1.165, 1.54) is 29.3 Å². The first-order valence-electron chi connectivity index (χ1n) is 10.7. The first kappa shape index (κ1) is 24.6. The van der Waals surface area contributed by atoms with E-state index in [0.29, 0.717) is 36.7 Å². The van der Waals surface area contributed by atoms with Crippen molar-refractivity contribution in [1.29, 1.82) is 0 Å². The predicted octanol–water partition coefficient (Wildman–Crippen LogP) is 4.39. The summed E-state index contributed by atoms with van der Waals surface area (Å²) < 4.78 is 20.3. The number of rotatable bonds is 6. The van der Waals surface area contributed by atoms with Gasteiger partial charge in [0.2, 0.25) is 5.95 Å². The number of fused-ring (bicyclic) bond motifs is 1. The van der Waals surface area contributed by atoms with Crippen molar-refractivity contribution in [3.63, 3.8) is 0 Å². The second-order valence-electron chi connectivity index (χ2n) is 7.51. The number of carbonyl (C=O) groups excluding carboxylic acids is 1. The van der Waals surface area contributed by atoms with E-state index in [-0.39, 0.29) is 34.6 Å². The number of terminal acetylenes is 1. The van der Waals surface area contributed by atoms with Crippen molar-refractivity contribution in [2.45, 2.75) is 6.42 Å². The maximum absolute atomic E-state index is 14.6. The van der Waals surface area contributed by atoms with Crippen LogP contribution in [0.5, 0.6) is 5.75 Å². The average molecular weight is 511 g/mol. The molecule has 2 heterocycles. The molecule has 1 aromatic heterocycles. The highest BCUT2D eigenvalue weighted by atomic mass is 35.5. The highest BCUT2D eigenvalue weighted by Crippen LogP contribution is 2.35. The molecule has 1 aliphatic heterocycles. The number of carbonyl (C=O) groups is 2. The number of anilines is 5. The van der Waals surface area contributed by atoms with E-state index in [0.717, 1.165) is 0 Å². The number of carboxylic acid groups (broad SMARTS) is 1. The zero-order valence-corrected chi connectivity index (χ0v) is 19.5. The van der Waals surface area contributed by atoms with Gasteiger partial charge >= 0.3 is 6.09 Å². The topological polar surface area (TPSA) is 129 Å². The zero-order chi connectivity index (χ0) is 25.7. The molecule has 0 spiro atoms. The minimum absolute atomic E-state index is 0.0142. The van der Waals surface area contributed by atoms with Crippen molar-refractivity contribution in [2.24, 2.45) is 0 Å². The lowest BCUT2D eigenvalue weighted by Crippen LogP contribution is -2.29. The largest absolute Gasteiger partial charge is 0.491 e. The van der Waals surface area contributed by atoms with E-state index < -0.39 is 17.8 Å². The molecule has 2 amide bonds. The molecule has 0 aliphatic carbocycles. The summed E-state index contributed by atoms with van der Waals surface area (Å²) in [6, 6.07) is 8.91. The molecule has 0 saturated heterocycles. The minimum atomic E-state index is -1.07. The number of para-hydroxylation sites is 1. The molecule has 184 valence electrons. The predicted molar refractivity (Wildman–Crippen MR) is 133 cm³/mol. The number of halogens is 2. The number of nitrogens with zero attached hydrogens (tertiary/aromatic N) is 3. The van der Waals surface area contributed by atoms with Crippen LogP contribution in [0.25, 0.3) is 0 Å². The Balaban J connectivity index is 1.60. The van der Waals surface area contributed by atoms with E-state index in [1.54, 1.807) is 18.2 Å². The van der Waals surface area contributed by atoms with Crippen molar-refractivity contribution in [3.05, 3.63) is 59.0 Å². The SMILES string of the molecule is C#CCNC(=O)c1cccc(F)c1Nc1nc(Nc2ccc3c(c2)OCCCN3C(=O)O)ncc1Cl. The molecule has 4 rings (SSSR count). The Morgan fingerprint density at radius 1 is 1.28 bits per heavy atom. The normalized spacial score (nSPS) is 12.4. The van der Waals surface area contributed by atoms with Crippen LogP contribution in [0.3, 0.4) is 0 Å². The van der Waals surface area contributed by atoms with Crippen LogP contribution in [0.2, 0.25) is 5.02 Å². The maximum Gasteiger partial charge on any atom is 0.411 e. The second kappa shape index (κ2) is 10.8. The molecule has 2 aromatic carbocycles. The number of aromatic nitrogens is 2. The van der Waals surface area contributed by atoms with Gasteiger partial charge < -0.3 is 25.8 Å². The van der Waals surface area contributed by atoms with Gasteiger partial charge in [-0.25, -0.2) is 14.2 Å². The summed E-state index contributed by atoms with van der Waals surface area (Å²) in [7, 11) is 0. The molecule has 3 aromatic rings. The van der Waals surface area contributed by atoms with Gasteiger partial charge in [-0.05, 0) is 30.7 Å². The van der Waals surface area contributed by atoms with E-state index in [1.807, 2.05) is 0 Å². The highest BCUT2D eigenvalue weighted by Gasteiger charge is 2.22. The quantitative estimate of drug-likeness (QED) is 0.359. The Labute approximate surface area is 210 Å². The molecule has 36 heavy (non-hydrogen) atoms. The lowest BCUT2D eigenvalue weighted by Gasteiger charge is -2.18. The van der Waals surface area contributed by atoms with Crippen molar-refractivity contribution in [2.75, 3.05) is 35.2 Å². The summed E-state index contributed by atoms with van der Waals surface area (Å²) in [6.45, 7) is 0.667. The Hall–Kier alpha value is -4.56. The third-order valence-electron chi connectivity index (χ3n) is 5.12. The number of hydrogen-bond acceptors (Lipinski definition) is 7.